The fourth-order valence-corrected chi connectivity index (χ4v) is 3.76. The molecule has 8 nitrogen and oxygen atoms in total. The monoisotopic (exact) mass is 390 g/mol. The summed E-state index contributed by atoms with van der Waals surface area (Å²) in [4.78, 5) is 35.6. The summed E-state index contributed by atoms with van der Waals surface area (Å²) in [6.07, 6.45) is 1.78. The number of hydrogen-bond acceptors (Lipinski definition) is 6. The number of piperazine rings is 1. The van der Waals surface area contributed by atoms with Crippen molar-refractivity contribution in [3.05, 3.63) is 59.8 Å². The van der Waals surface area contributed by atoms with Crippen molar-refractivity contribution in [1.29, 1.82) is 5.26 Å². The van der Waals surface area contributed by atoms with E-state index >= 15 is 0 Å². The zero-order valence-electron chi connectivity index (χ0n) is 16.2. The lowest BCUT2D eigenvalue weighted by Gasteiger charge is -2.36. The molecule has 29 heavy (non-hydrogen) atoms. The van der Waals surface area contributed by atoms with Crippen LogP contribution in [0.2, 0.25) is 0 Å². The van der Waals surface area contributed by atoms with Crippen molar-refractivity contribution < 1.29 is 9.59 Å². The molecule has 0 radical (unpaired) electrons. The van der Waals surface area contributed by atoms with Gasteiger partial charge < -0.3 is 10.2 Å². The van der Waals surface area contributed by atoms with Gasteiger partial charge in [0.2, 0.25) is 0 Å². The summed E-state index contributed by atoms with van der Waals surface area (Å²) in [5.41, 5.74) is 0.0509. The number of nitrogens with zero attached hydrogens (tertiary/aromatic N) is 5. The maximum atomic E-state index is 13.1. The lowest BCUT2D eigenvalue weighted by molar-refractivity contribution is -0.132. The van der Waals surface area contributed by atoms with Crippen LogP contribution < -0.4 is 10.2 Å². The zero-order valence-corrected chi connectivity index (χ0v) is 16.2. The Balaban J connectivity index is 1.41. The fourth-order valence-electron chi connectivity index (χ4n) is 3.76. The van der Waals surface area contributed by atoms with Crippen LogP contribution in [0.5, 0.6) is 0 Å². The predicted octanol–water partition coefficient (Wildman–Crippen LogP) is 1.50. The number of nitriles is 1. The van der Waals surface area contributed by atoms with Gasteiger partial charge in [0.1, 0.15) is 11.4 Å². The Morgan fingerprint density at radius 1 is 1.10 bits per heavy atom. The van der Waals surface area contributed by atoms with Crippen LogP contribution in [-0.4, -0.2) is 59.6 Å². The van der Waals surface area contributed by atoms with Crippen LogP contribution >= 0.6 is 0 Å². The molecule has 0 spiro atoms. The van der Waals surface area contributed by atoms with E-state index in [1.165, 1.54) is 4.90 Å². The van der Waals surface area contributed by atoms with E-state index in [1.807, 2.05) is 18.2 Å². The molecular formula is C21H22N6O2. The van der Waals surface area contributed by atoms with Crippen LogP contribution in [-0.2, 0) is 10.3 Å². The molecule has 3 amide bonds. The summed E-state index contributed by atoms with van der Waals surface area (Å²) in [7, 11) is 0. The summed E-state index contributed by atoms with van der Waals surface area (Å²) < 4.78 is 0. The molecule has 148 valence electrons. The second-order valence-corrected chi connectivity index (χ2v) is 7.41. The highest BCUT2D eigenvalue weighted by Crippen LogP contribution is 2.29. The van der Waals surface area contributed by atoms with Gasteiger partial charge in [0.15, 0.2) is 0 Å². The number of benzene rings is 1. The number of pyridine rings is 1. The average molecular weight is 390 g/mol. The normalized spacial score (nSPS) is 22.5. The van der Waals surface area contributed by atoms with E-state index in [9.17, 15) is 9.59 Å². The van der Waals surface area contributed by atoms with E-state index < -0.39 is 11.6 Å². The van der Waals surface area contributed by atoms with E-state index in [2.05, 4.69) is 26.2 Å². The number of aromatic nitrogens is 1. The highest BCUT2D eigenvalue weighted by Gasteiger charge is 2.49. The minimum absolute atomic E-state index is 0.257. The van der Waals surface area contributed by atoms with Crippen molar-refractivity contribution in [1.82, 2.24) is 20.1 Å². The number of carbonyl (C=O) groups is 2. The molecule has 1 aromatic carbocycles. The third-order valence-corrected chi connectivity index (χ3v) is 5.55. The number of nitrogens with one attached hydrogen (secondary N) is 1. The topological polar surface area (TPSA) is 92.6 Å². The molecule has 0 aliphatic carbocycles. The van der Waals surface area contributed by atoms with E-state index in [0.717, 1.165) is 32.0 Å². The van der Waals surface area contributed by atoms with Crippen molar-refractivity contribution in [2.45, 2.75) is 12.5 Å². The number of imide groups is 1. The van der Waals surface area contributed by atoms with Gasteiger partial charge in [-0.1, -0.05) is 18.2 Å². The van der Waals surface area contributed by atoms with Gasteiger partial charge in [0.05, 0.1) is 18.3 Å². The summed E-state index contributed by atoms with van der Waals surface area (Å²) in [5.74, 6) is 0.662. The van der Waals surface area contributed by atoms with E-state index in [0.29, 0.717) is 11.1 Å². The lowest BCUT2D eigenvalue weighted by Crippen LogP contribution is -2.51. The number of urea groups is 1. The van der Waals surface area contributed by atoms with Crippen molar-refractivity contribution >= 4 is 17.8 Å². The van der Waals surface area contributed by atoms with Gasteiger partial charge in [-0.3, -0.25) is 9.69 Å². The molecule has 0 unspecified atom stereocenters. The first-order valence-corrected chi connectivity index (χ1v) is 9.54. The first-order valence-electron chi connectivity index (χ1n) is 9.54. The Bertz CT molecular complexity index is 947. The summed E-state index contributed by atoms with van der Waals surface area (Å²) in [5, 5.41) is 11.8. The molecule has 1 atom stereocenters. The standard InChI is InChI=1S/C21H22N6O2/c1-21(17-7-5-16(14-22)6-8-17)19(28)27(20(29)24-21)15-25-10-12-26(13-11-25)18-4-2-3-9-23-18/h2-9H,10-13,15H2,1H3,(H,24,29)/t21-/m1/s1. The highest BCUT2D eigenvalue weighted by atomic mass is 16.2. The number of amides is 3. The molecule has 4 rings (SSSR count). The largest absolute Gasteiger partial charge is 0.354 e. The lowest BCUT2D eigenvalue weighted by atomic mass is 9.91. The van der Waals surface area contributed by atoms with Crippen LogP contribution in [0.15, 0.2) is 48.7 Å². The maximum Gasteiger partial charge on any atom is 0.326 e. The molecule has 2 aliphatic rings. The Hall–Kier alpha value is -3.44. The molecular weight excluding hydrogens is 368 g/mol. The van der Waals surface area contributed by atoms with Crippen LogP contribution in [0.4, 0.5) is 10.6 Å². The number of carbonyl (C=O) groups excluding carboxylic acids is 2. The smallest absolute Gasteiger partial charge is 0.326 e. The Morgan fingerprint density at radius 2 is 1.83 bits per heavy atom. The molecule has 2 fully saturated rings. The fraction of sp³-hybridized carbons (Fsp3) is 0.333. The SMILES string of the molecule is C[C@]1(c2ccc(C#N)cc2)NC(=O)N(CN2CCN(c3ccccn3)CC2)C1=O. The first kappa shape index (κ1) is 18.9. The van der Waals surface area contributed by atoms with Gasteiger partial charge in [-0.2, -0.15) is 5.26 Å². The van der Waals surface area contributed by atoms with Gasteiger partial charge >= 0.3 is 6.03 Å². The minimum atomic E-state index is -1.12. The van der Waals surface area contributed by atoms with Crippen molar-refractivity contribution in [2.75, 3.05) is 37.7 Å². The molecule has 0 bridgehead atoms. The van der Waals surface area contributed by atoms with Crippen molar-refractivity contribution in [3.63, 3.8) is 0 Å². The number of rotatable bonds is 4. The van der Waals surface area contributed by atoms with E-state index in [1.54, 1.807) is 37.4 Å². The van der Waals surface area contributed by atoms with Gasteiger partial charge in [0.25, 0.3) is 5.91 Å². The highest BCUT2D eigenvalue weighted by molar-refractivity contribution is 6.07. The third-order valence-electron chi connectivity index (χ3n) is 5.55. The maximum absolute atomic E-state index is 13.1. The second kappa shape index (κ2) is 7.53. The summed E-state index contributed by atoms with van der Waals surface area (Å²) in [6.45, 7) is 5.00. The van der Waals surface area contributed by atoms with E-state index in [4.69, 9.17) is 5.26 Å². The van der Waals surface area contributed by atoms with Gasteiger partial charge in [-0.05, 0) is 36.8 Å². The Morgan fingerprint density at radius 3 is 2.45 bits per heavy atom. The summed E-state index contributed by atoms with van der Waals surface area (Å²) >= 11 is 0. The van der Waals surface area contributed by atoms with Crippen LogP contribution in [0, 0.1) is 11.3 Å². The third kappa shape index (κ3) is 3.52. The molecule has 3 heterocycles. The van der Waals surface area contributed by atoms with Crippen molar-refractivity contribution in [2.24, 2.45) is 0 Å². The molecule has 8 heteroatoms. The molecule has 1 N–H and O–H groups in total. The van der Waals surface area contributed by atoms with Gasteiger partial charge in [-0.25, -0.2) is 14.7 Å². The van der Waals surface area contributed by atoms with Gasteiger partial charge in [-0.15, -0.1) is 0 Å². The number of hydrogen-bond donors (Lipinski definition) is 1. The molecule has 1 aromatic heterocycles. The van der Waals surface area contributed by atoms with Crippen LogP contribution in [0.3, 0.4) is 0 Å². The molecule has 0 saturated carbocycles. The van der Waals surface area contributed by atoms with Crippen molar-refractivity contribution in [3.8, 4) is 6.07 Å². The van der Waals surface area contributed by atoms with Crippen LogP contribution in [0.25, 0.3) is 0 Å². The summed E-state index contributed by atoms with van der Waals surface area (Å²) in [6, 6.07) is 14.2. The minimum Gasteiger partial charge on any atom is -0.354 e. The Labute approximate surface area is 169 Å². The predicted molar refractivity (Wildman–Crippen MR) is 107 cm³/mol. The molecule has 2 aromatic rings. The van der Waals surface area contributed by atoms with Gasteiger partial charge in [0, 0.05) is 32.4 Å². The molecule has 2 aliphatic heterocycles. The average Bonchev–Trinajstić information content (AvgIpc) is 2.99. The first-order chi connectivity index (χ1) is 14.0. The van der Waals surface area contributed by atoms with Crippen LogP contribution in [0.1, 0.15) is 18.1 Å². The molecule has 2 saturated heterocycles. The zero-order chi connectivity index (χ0) is 20.4. The Kier molecular flexibility index (Phi) is 4.91. The second-order valence-electron chi connectivity index (χ2n) is 7.41. The quantitative estimate of drug-likeness (QED) is 0.796. The van der Waals surface area contributed by atoms with E-state index in [-0.39, 0.29) is 12.6 Å². The number of anilines is 1.